The van der Waals surface area contributed by atoms with Gasteiger partial charge >= 0.3 is 0 Å². The first kappa shape index (κ1) is 13.7. The molecule has 0 unspecified atom stereocenters. The van der Waals surface area contributed by atoms with Gasteiger partial charge in [-0.05, 0) is 48.5 Å². The van der Waals surface area contributed by atoms with Crippen molar-refractivity contribution >= 4 is 6.21 Å². The fraction of sp³-hybridized carbons (Fsp3) is 0.350. The summed E-state index contributed by atoms with van der Waals surface area (Å²) in [4.78, 5) is 7.43. The van der Waals surface area contributed by atoms with Gasteiger partial charge in [0.25, 0.3) is 0 Å². The van der Waals surface area contributed by atoms with Crippen molar-refractivity contribution in [2.24, 2.45) is 10.9 Å². The Morgan fingerprint density at radius 1 is 0.864 bits per heavy atom. The summed E-state index contributed by atoms with van der Waals surface area (Å²) in [7, 11) is 0. The highest BCUT2D eigenvalue weighted by molar-refractivity contribution is 5.81. The number of hydrogen-bond donors (Lipinski definition) is 0. The molecule has 1 atom stereocenters. The number of rotatable bonds is 3. The molecule has 2 aromatic rings. The summed E-state index contributed by atoms with van der Waals surface area (Å²) < 4.78 is 0. The summed E-state index contributed by atoms with van der Waals surface area (Å²) in [6.45, 7) is 3.72. The molecule has 3 fully saturated rings. The first-order valence-electron chi connectivity index (χ1n) is 8.29. The molecule has 0 spiro atoms. The van der Waals surface area contributed by atoms with Crippen LogP contribution in [0, 0.1) is 5.92 Å². The highest BCUT2D eigenvalue weighted by atomic mass is 15.2. The van der Waals surface area contributed by atoms with Crippen molar-refractivity contribution in [1.82, 2.24) is 4.90 Å². The molecule has 3 heterocycles. The maximum absolute atomic E-state index is 4.87. The third kappa shape index (κ3) is 2.84. The number of hydrogen-bond acceptors (Lipinski definition) is 2. The van der Waals surface area contributed by atoms with Crippen LogP contribution in [-0.2, 0) is 0 Å². The van der Waals surface area contributed by atoms with Gasteiger partial charge in [0.05, 0.1) is 6.04 Å². The van der Waals surface area contributed by atoms with Crippen LogP contribution in [0.4, 0.5) is 0 Å². The average Bonchev–Trinajstić information content (AvgIpc) is 2.62. The van der Waals surface area contributed by atoms with Crippen LogP contribution in [0.1, 0.15) is 18.4 Å². The van der Waals surface area contributed by atoms with Crippen molar-refractivity contribution in [3.8, 4) is 11.1 Å². The zero-order chi connectivity index (χ0) is 14.8. The SMILES string of the molecule is C(=N[C@@H]1CN2CCC1CC2)c1ccc(-c2ccccc2)cc1. The standard InChI is InChI=1S/C20H22N2/c1-2-4-17(5-3-1)18-8-6-16(7-9-18)14-21-20-15-22-12-10-19(20)11-13-22/h1-9,14,19-20H,10-13,15H2/t20-/m1/s1. The number of aliphatic imine (C=N–C) groups is 1. The minimum atomic E-state index is 0.510. The predicted octanol–water partition coefficient (Wildman–Crippen LogP) is 3.87. The zero-order valence-corrected chi connectivity index (χ0v) is 12.9. The topological polar surface area (TPSA) is 15.6 Å². The van der Waals surface area contributed by atoms with E-state index in [0.29, 0.717) is 6.04 Å². The van der Waals surface area contributed by atoms with Crippen molar-refractivity contribution in [2.75, 3.05) is 19.6 Å². The minimum Gasteiger partial charge on any atom is -0.301 e. The van der Waals surface area contributed by atoms with Crippen molar-refractivity contribution < 1.29 is 0 Å². The van der Waals surface area contributed by atoms with Crippen LogP contribution in [0.5, 0.6) is 0 Å². The molecule has 2 aromatic carbocycles. The summed E-state index contributed by atoms with van der Waals surface area (Å²) in [5.74, 6) is 0.810. The molecular formula is C20H22N2. The van der Waals surface area contributed by atoms with Crippen LogP contribution in [0.15, 0.2) is 59.6 Å². The predicted molar refractivity (Wildman–Crippen MR) is 92.4 cm³/mol. The first-order valence-corrected chi connectivity index (χ1v) is 8.29. The van der Waals surface area contributed by atoms with Crippen LogP contribution in [-0.4, -0.2) is 36.8 Å². The molecule has 3 aliphatic rings. The molecule has 0 aromatic heterocycles. The van der Waals surface area contributed by atoms with Crippen molar-refractivity contribution in [3.63, 3.8) is 0 Å². The quantitative estimate of drug-likeness (QED) is 0.784. The van der Waals surface area contributed by atoms with E-state index in [1.807, 2.05) is 0 Å². The van der Waals surface area contributed by atoms with Gasteiger partial charge < -0.3 is 4.90 Å². The van der Waals surface area contributed by atoms with Crippen LogP contribution < -0.4 is 0 Å². The molecule has 3 saturated heterocycles. The lowest BCUT2D eigenvalue weighted by atomic mass is 9.84. The Hall–Kier alpha value is -1.93. The molecular weight excluding hydrogens is 268 g/mol. The van der Waals surface area contributed by atoms with Crippen LogP contribution in [0.2, 0.25) is 0 Å². The number of piperidine rings is 3. The van der Waals surface area contributed by atoms with E-state index in [1.54, 1.807) is 0 Å². The highest BCUT2D eigenvalue weighted by Crippen LogP contribution is 2.29. The first-order chi connectivity index (χ1) is 10.9. The molecule has 112 valence electrons. The normalized spacial score (nSPS) is 27.4. The second-order valence-electron chi connectivity index (χ2n) is 6.47. The third-order valence-corrected chi connectivity index (χ3v) is 5.05. The molecule has 3 aliphatic heterocycles. The minimum absolute atomic E-state index is 0.510. The Morgan fingerprint density at radius 3 is 2.18 bits per heavy atom. The summed E-state index contributed by atoms with van der Waals surface area (Å²) in [6.07, 6.45) is 4.73. The average molecular weight is 290 g/mol. The molecule has 0 aliphatic carbocycles. The van der Waals surface area contributed by atoms with E-state index >= 15 is 0 Å². The lowest BCUT2D eigenvalue weighted by molar-refractivity contribution is 0.0908. The monoisotopic (exact) mass is 290 g/mol. The molecule has 0 saturated carbocycles. The van der Waals surface area contributed by atoms with Gasteiger partial charge in [0, 0.05) is 12.8 Å². The molecule has 0 radical (unpaired) electrons. The second kappa shape index (κ2) is 6.05. The molecule has 5 rings (SSSR count). The number of nitrogens with zero attached hydrogens (tertiary/aromatic N) is 2. The van der Waals surface area contributed by atoms with Crippen molar-refractivity contribution in [2.45, 2.75) is 18.9 Å². The third-order valence-electron chi connectivity index (χ3n) is 5.05. The molecule has 2 heteroatoms. The molecule has 2 nitrogen and oxygen atoms in total. The number of fused-ring (bicyclic) bond motifs is 3. The highest BCUT2D eigenvalue weighted by Gasteiger charge is 2.33. The van der Waals surface area contributed by atoms with E-state index in [0.717, 1.165) is 12.5 Å². The van der Waals surface area contributed by atoms with E-state index in [-0.39, 0.29) is 0 Å². The second-order valence-corrected chi connectivity index (χ2v) is 6.47. The fourth-order valence-corrected chi connectivity index (χ4v) is 3.68. The van der Waals surface area contributed by atoms with Crippen LogP contribution in [0.25, 0.3) is 11.1 Å². The summed E-state index contributed by atoms with van der Waals surface area (Å²) in [6, 6.07) is 19.7. The van der Waals surface area contributed by atoms with Gasteiger partial charge in [-0.2, -0.15) is 0 Å². The van der Waals surface area contributed by atoms with E-state index in [2.05, 4.69) is 65.7 Å². The van der Waals surface area contributed by atoms with Gasteiger partial charge in [0.2, 0.25) is 0 Å². The molecule has 0 amide bonds. The van der Waals surface area contributed by atoms with Crippen molar-refractivity contribution in [1.29, 1.82) is 0 Å². The van der Waals surface area contributed by atoms with E-state index in [4.69, 9.17) is 4.99 Å². The Bertz CT molecular complexity index is 637. The Balaban J connectivity index is 1.46. The molecule has 22 heavy (non-hydrogen) atoms. The van der Waals surface area contributed by atoms with E-state index in [9.17, 15) is 0 Å². The lowest BCUT2D eigenvalue weighted by Crippen LogP contribution is -2.49. The zero-order valence-electron chi connectivity index (χ0n) is 12.9. The van der Waals surface area contributed by atoms with Crippen LogP contribution in [0.3, 0.4) is 0 Å². The number of benzene rings is 2. The largest absolute Gasteiger partial charge is 0.301 e. The van der Waals surface area contributed by atoms with Gasteiger partial charge in [-0.25, -0.2) is 0 Å². The Morgan fingerprint density at radius 2 is 1.55 bits per heavy atom. The van der Waals surface area contributed by atoms with Crippen molar-refractivity contribution in [3.05, 3.63) is 60.2 Å². The molecule has 0 N–H and O–H groups in total. The summed E-state index contributed by atoms with van der Waals surface area (Å²) >= 11 is 0. The lowest BCUT2D eigenvalue weighted by Gasteiger charge is -2.43. The van der Waals surface area contributed by atoms with Crippen LogP contribution >= 0.6 is 0 Å². The van der Waals surface area contributed by atoms with Gasteiger partial charge in [-0.15, -0.1) is 0 Å². The maximum Gasteiger partial charge on any atom is 0.0655 e. The van der Waals surface area contributed by atoms with Gasteiger partial charge in [0.15, 0.2) is 0 Å². The van der Waals surface area contributed by atoms with Gasteiger partial charge in [-0.3, -0.25) is 4.99 Å². The van der Waals surface area contributed by atoms with Gasteiger partial charge in [-0.1, -0.05) is 54.6 Å². The summed E-state index contributed by atoms with van der Waals surface area (Å²) in [5.41, 5.74) is 3.74. The Labute approximate surface area is 132 Å². The van der Waals surface area contributed by atoms with E-state index < -0.39 is 0 Å². The van der Waals surface area contributed by atoms with Gasteiger partial charge in [0.1, 0.15) is 0 Å². The van der Waals surface area contributed by atoms with E-state index in [1.165, 1.54) is 42.6 Å². The summed E-state index contributed by atoms with van der Waals surface area (Å²) in [5, 5.41) is 0. The maximum atomic E-state index is 4.87. The fourth-order valence-electron chi connectivity index (χ4n) is 3.68. The molecule has 2 bridgehead atoms. The smallest absolute Gasteiger partial charge is 0.0655 e. The Kier molecular flexibility index (Phi) is 3.77.